The van der Waals surface area contributed by atoms with Gasteiger partial charge in [-0.15, -0.1) is 0 Å². The van der Waals surface area contributed by atoms with E-state index in [0.717, 1.165) is 24.3 Å². The quantitative estimate of drug-likeness (QED) is 0.804. The van der Waals surface area contributed by atoms with Gasteiger partial charge in [-0.3, -0.25) is 0 Å². The Kier molecular flexibility index (Phi) is 5.60. The van der Waals surface area contributed by atoms with Crippen molar-refractivity contribution in [3.05, 3.63) is 28.8 Å². The molecule has 3 nitrogen and oxygen atoms in total. The van der Waals surface area contributed by atoms with E-state index in [0.29, 0.717) is 17.6 Å². The highest BCUT2D eigenvalue weighted by molar-refractivity contribution is 6.30. The lowest BCUT2D eigenvalue weighted by Crippen LogP contribution is -2.27. The third-order valence-corrected chi connectivity index (χ3v) is 2.72. The molecule has 1 aromatic rings. The number of benzene rings is 1. The monoisotopic (exact) mass is 242 g/mol. The molecule has 0 saturated carbocycles. The predicted molar refractivity (Wildman–Crippen MR) is 68.0 cm³/mol. The van der Waals surface area contributed by atoms with Gasteiger partial charge >= 0.3 is 0 Å². The van der Waals surface area contributed by atoms with Gasteiger partial charge in [0.05, 0.1) is 7.11 Å². The second kappa shape index (κ2) is 6.74. The summed E-state index contributed by atoms with van der Waals surface area (Å²) in [6.45, 7) is 3.59. The summed E-state index contributed by atoms with van der Waals surface area (Å²) in [5.74, 6) is 0.819. The van der Waals surface area contributed by atoms with Crippen molar-refractivity contribution in [2.45, 2.75) is 25.9 Å². The third kappa shape index (κ3) is 4.00. The van der Waals surface area contributed by atoms with Crippen molar-refractivity contribution in [1.82, 2.24) is 5.32 Å². The zero-order chi connectivity index (χ0) is 12.0. The number of nitrogens with one attached hydrogen (secondary N) is 1. The zero-order valence-electron chi connectivity index (χ0n) is 9.79. The molecule has 0 amide bonds. The number of nitrogens with two attached hydrogens (primary N) is 1. The van der Waals surface area contributed by atoms with Crippen LogP contribution in [0.2, 0.25) is 5.02 Å². The normalized spacial score (nSPS) is 12.5. The molecule has 0 bridgehead atoms. The first-order valence-corrected chi connectivity index (χ1v) is 5.81. The van der Waals surface area contributed by atoms with E-state index in [2.05, 4.69) is 12.2 Å². The fraction of sp³-hybridized carbons (Fsp3) is 0.500. The molecule has 0 spiro atoms. The van der Waals surface area contributed by atoms with Gasteiger partial charge in [0.15, 0.2) is 0 Å². The Balaban J connectivity index is 2.59. The molecule has 0 aliphatic carbocycles. The SMILES string of the molecule is COc1cc(Cl)ccc1CNC(C)CCN. The maximum Gasteiger partial charge on any atom is 0.124 e. The minimum Gasteiger partial charge on any atom is -0.496 e. The molecule has 1 rings (SSSR count). The average molecular weight is 243 g/mol. The van der Waals surface area contributed by atoms with Gasteiger partial charge < -0.3 is 15.8 Å². The fourth-order valence-corrected chi connectivity index (χ4v) is 1.66. The minimum atomic E-state index is 0.408. The maximum absolute atomic E-state index is 5.89. The van der Waals surface area contributed by atoms with Crippen molar-refractivity contribution >= 4 is 11.6 Å². The summed E-state index contributed by atoms with van der Waals surface area (Å²) in [6, 6.07) is 6.08. The summed E-state index contributed by atoms with van der Waals surface area (Å²) in [6.07, 6.45) is 0.968. The molecule has 0 aliphatic heterocycles. The summed E-state index contributed by atoms with van der Waals surface area (Å²) in [5, 5.41) is 4.08. The Labute approximate surface area is 102 Å². The topological polar surface area (TPSA) is 47.3 Å². The molecule has 0 saturated heterocycles. The second-order valence-electron chi connectivity index (χ2n) is 3.82. The van der Waals surface area contributed by atoms with Crippen molar-refractivity contribution in [3.63, 3.8) is 0 Å². The molecular weight excluding hydrogens is 224 g/mol. The van der Waals surface area contributed by atoms with Crippen LogP contribution in [0.4, 0.5) is 0 Å². The fourth-order valence-electron chi connectivity index (χ4n) is 1.50. The molecule has 0 aromatic heterocycles. The van der Waals surface area contributed by atoms with E-state index < -0.39 is 0 Å². The first-order valence-electron chi connectivity index (χ1n) is 5.43. The van der Waals surface area contributed by atoms with Crippen LogP contribution in [0.15, 0.2) is 18.2 Å². The number of halogens is 1. The Hall–Kier alpha value is -0.770. The van der Waals surface area contributed by atoms with E-state index in [9.17, 15) is 0 Å². The molecule has 1 aromatic carbocycles. The van der Waals surface area contributed by atoms with Crippen LogP contribution in [0.1, 0.15) is 18.9 Å². The van der Waals surface area contributed by atoms with Gasteiger partial charge in [0.25, 0.3) is 0 Å². The molecule has 0 heterocycles. The lowest BCUT2D eigenvalue weighted by Gasteiger charge is -2.14. The van der Waals surface area contributed by atoms with Gasteiger partial charge in [0, 0.05) is 23.2 Å². The van der Waals surface area contributed by atoms with E-state index in [1.807, 2.05) is 18.2 Å². The number of hydrogen-bond donors (Lipinski definition) is 2. The van der Waals surface area contributed by atoms with E-state index in [1.165, 1.54) is 0 Å². The van der Waals surface area contributed by atoms with Crippen molar-refractivity contribution in [2.75, 3.05) is 13.7 Å². The van der Waals surface area contributed by atoms with Crippen molar-refractivity contribution < 1.29 is 4.74 Å². The second-order valence-corrected chi connectivity index (χ2v) is 4.25. The van der Waals surface area contributed by atoms with Crippen LogP contribution >= 0.6 is 11.6 Å². The van der Waals surface area contributed by atoms with Crippen LogP contribution < -0.4 is 15.8 Å². The van der Waals surface area contributed by atoms with Crippen molar-refractivity contribution in [3.8, 4) is 5.75 Å². The van der Waals surface area contributed by atoms with Crippen molar-refractivity contribution in [2.24, 2.45) is 5.73 Å². The highest BCUT2D eigenvalue weighted by Crippen LogP contribution is 2.22. The molecule has 0 radical (unpaired) electrons. The first kappa shape index (κ1) is 13.3. The summed E-state index contributed by atoms with van der Waals surface area (Å²) < 4.78 is 5.27. The van der Waals surface area contributed by atoms with E-state index in [4.69, 9.17) is 22.1 Å². The average Bonchev–Trinajstić information content (AvgIpc) is 2.27. The van der Waals surface area contributed by atoms with E-state index >= 15 is 0 Å². The zero-order valence-corrected chi connectivity index (χ0v) is 10.6. The molecule has 0 aliphatic rings. The number of hydrogen-bond acceptors (Lipinski definition) is 3. The van der Waals surface area contributed by atoms with Gasteiger partial charge in [-0.05, 0) is 32.0 Å². The highest BCUT2D eigenvalue weighted by atomic mass is 35.5. The number of methoxy groups -OCH3 is 1. The summed E-state index contributed by atoms with van der Waals surface area (Å²) >= 11 is 5.89. The smallest absolute Gasteiger partial charge is 0.124 e. The first-order chi connectivity index (χ1) is 7.67. The summed E-state index contributed by atoms with van der Waals surface area (Å²) in [5.41, 5.74) is 6.60. The van der Waals surface area contributed by atoms with Gasteiger partial charge in [-0.25, -0.2) is 0 Å². The molecule has 3 N–H and O–H groups in total. The standard InChI is InChI=1S/C12H19ClN2O/c1-9(5-6-14)15-8-10-3-4-11(13)7-12(10)16-2/h3-4,7,9,15H,5-6,8,14H2,1-2H3. The Morgan fingerprint density at radius 3 is 2.88 bits per heavy atom. The molecule has 1 unspecified atom stereocenters. The van der Waals surface area contributed by atoms with Gasteiger partial charge in [-0.2, -0.15) is 0 Å². The lowest BCUT2D eigenvalue weighted by molar-refractivity contribution is 0.405. The van der Waals surface area contributed by atoms with Crippen LogP contribution in [0, 0.1) is 0 Å². The Morgan fingerprint density at radius 2 is 2.25 bits per heavy atom. The van der Waals surface area contributed by atoms with E-state index in [1.54, 1.807) is 7.11 Å². The molecule has 90 valence electrons. The van der Waals surface area contributed by atoms with Crippen LogP contribution in [-0.2, 0) is 6.54 Å². The molecule has 0 fully saturated rings. The van der Waals surface area contributed by atoms with Gasteiger partial charge in [0.2, 0.25) is 0 Å². The summed E-state index contributed by atoms with van der Waals surface area (Å²) in [7, 11) is 1.65. The third-order valence-electron chi connectivity index (χ3n) is 2.49. The van der Waals surface area contributed by atoms with Gasteiger partial charge in [-0.1, -0.05) is 17.7 Å². The van der Waals surface area contributed by atoms with Crippen molar-refractivity contribution in [1.29, 1.82) is 0 Å². The lowest BCUT2D eigenvalue weighted by atomic mass is 10.1. The molecule has 4 heteroatoms. The molecular formula is C12H19ClN2O. The van der Waals surface area contributed by atoms with Gasteiger partial charge in [0.1, 0.15) is 5.75 Å². The Morgan fingerprint density at radius 1 is 1.50 bits per heavy atom. The minimum absolute atomic E-state index is 0.408. The molecule has 16 heavy (non-hydrogen) atoms. The Bertz CT molecular complexity index is 331. The largest absolute Gasteiger partial charge is 0.496 e. The van der Waals surface area contributed by atoms with Crippen LogP contribution in [0.25, 0.3) is 0 Å². The van der Waals surface area contributed by atoms with E-state index in [-0.39, 0.29) is 0 Å². The van der Waals surface area contributed by atoms with Crippen LogP contribution in [0.3, 0.4) is 0 Å². The number of ether oxygens (including phenoxy) is 1. The van der Waals surface area contributed by atoms with Crippen LogP contribution in [-0.4, -0.2) is 19.7 Å². The highest BCUT2D eigenvalue weighted by Gasteiger charge is 2.05. The number of rotatable bonds is 6. The summed E-state index contributed by atoms with van der Waals surface area (Å²) in [4.78, 5) is 0. The predicted octanol–water partition coefficient (Wildman–Crippen LogP) is 2.18. The van der Waals surface area contributed by atoms with Crippen LogP contribution in [0.5, 0.6) is 5.75 Å². The molecule has 1 atom stereocenters. The maximum atomic E-state index is 5.89.